The summed E-state index contributed by atoms with van der Waals surface area (Å²) in [6.07, 6.45) is 0. The summed E-state index contributed by atoms with van der Waals surface area (Å²) in [6.45, 7) is 1.20. The fraction of sp³-hybridized carbons (Fsp3) is 0.176. The van der Waals surface area contributed by atoms with Crippen molar-refractivity contribution in [3.63, 3.8) is 0 Å². The molecular weight excluding hydrogens is 383 g/mol. The number of amides is 1. The number of nitro groups is 1. The normalized spacial score (nSPS) is 11.5. The molecule has 0 saturated heterocycles. The zero-order valence-electron chi connectivity index (χ0n) is 13.6. The minimum Gasteiger partial charge on any atom is -0.452 e. The van der Waals surface area contributed by atoms with E-state index in [9.17, 15) is 19.7 Å². The Morgan fingerprint density at radius 2 is 1.96 bits per heavy atom. The number of nitro benzene ring substituents is 1. The molecule has 0 aliphatic carbocycles. The van der Waals surface area contributed by atoms with Crippen LogP contribution in [0.3, 0.4) is 0 Å². The second-order valence-corrected chi connectivity index (χ2v) is 6.19. The van der Waals surface area contributed by atoms with Crippen LogP contribution in [0.2, 0.25) is 10.0 Å². The third-order valence-corrected chi connectivity index (χ3v) is 4.01. The largest absolute Gasteiger partial charge is 0.452 e. The van der Waals surface area contributed by atoms with Crippen LogP contribution in [0.25, 0.3) is 0 Å². The van der Waals surface area contributed by atoms with Gasteiger partial charge in [0.2, 0.25) is 0 Å². The maximum Gasteiger partial charge on any atom is 0.340 e. The van der Waals surface area contributed by atoms with Crippen LogP contribution in [0.15, 0.2) is 42.5 Å². The Morgan fingerprint density at radius 3 is 2.62 bits per heavy atom. The first-order valence-electron chi connectivity index (χ1n) is 7.44. The molecule has 26 heavy (non-hydrogen) atoms. The minimum absolute atomic E-state index is 0.00620. The van der Waals surface area contributed by atoms with Crippen molar-refractivity contribution in [1.29, 1.82) is 0 Å². The zero-order chi connectivity index (χ0) is 19.3. The molecule has 1 N–H and O–H groups in total. The fourth-order valence-electron chi connectivity index (χ4n) is 2.13. The SMILES string of the molecule is C[C@H](NC(=O)COC(=O)c1cc([N+](=O)[O-])ccc1Cl)c1cccc(Cl)c1. The molecule has 2 rings (SSSR count). The highest BCUT2D eigenvalue weighted by atomic mass is 35.5. The quantitative estimate of drug-likeness (QED) is 0.452. The number of nitrogens with one attached hydrogen (secondary N) is 1. The van der Waals surface area contributed by atoms with Crippen molar-refractivity contribution in [2.75, 3.05) is 6.61 Å². The lowest BCUT2D eigenvalue weighted by Gasteiger charge is -2.14. The van der Waals surface area contributed by atoms with Gasteiger partial charge in [0.25, 0.3) is 11.6 Å². The molecule has 7 nitrogen and oxygen atoms in total. The van der Waals surface area contributed by atoms with Gasteiger partial charge in [-0.1, -0.05) is 35.3 Å². The van der Waals surface area contributed by atoms with E-state index in [0.29, 0.717) is 5.02 Å². The second kappa shape index (κ2) is 8.64. The molecule has 1 amide bonds. The summed E-state index contributed by atoms with van der Waals surface area (Å²) in [5.41, 5.74) is 0.302. The van der Waals surface area contributed by atoms with Gasteiger partial charge in [-0.25, -0.2) is 4.79 Å². The molecule has 136 valence electrons. The van der Waals surface area contributed by atoms with Crippen LogP contribution in [-0.2, 0) is 9.53 Å². The van der Waals surface area contributed by atoms with Crippen molar-refractivity contribution in [3.8, 4) is 0 Å². The molecule has 0 aliphatic heterocycles. The maximum atomic E-state index is 12.0. The number of hydrogen-bond donors (Lipinski definition) is 1. The molecule has 0 unspecified atom stereocenters. The number of hydrogen-bond acceptors (Lipinski definition) is 5. The van der Waals surface area contributed by atoms with Crippen LogP contribution < -0.4 is 5.32 Å². The minimum atomic E-state index is -0.927. The first kappa shape index (κ1) is 19.7. The van der Waals surface area contributed by atoms with E-state index in [1.807, 2.05) is 0 Å². The Morgan fingerprint density at radius 1 is 1.23 bits per heavy atom. The van der Waals surface area contributed by atoms with Gasteiger partial charge in [-0.2, -0.15) is 0 Å². The van der Waals surface area contributed by atoms with Crippen molar-refractivity contribution >= 4 is 40.8 Å². The van der Waals surface area contributed by atoms with Gasteiger partial charge >= 0.3 is 5.97 Å². The van der Waals surface area contributed by atoms with E-state index in [0.717, 1.165) is 11.6 Å². The molecule has 0 fully saturated rings. The van der Waals surface area contributed by atoms with Gasteiger partial charge in [0.1, 0.15) is 0 Å². The van der Waals surface area contributed by atoms with Crippen LogP contribution >= 0.6 is 23.2 Å². The van der Waals surface area contributed by atoms with E-state index >= 15 is 0 Å². The number of esters is 1. The standard InChI is InChI=1S/C17H14Cl2N2O5/c1-10(11-3-2-4-12(18)7-11)20-16(22)9-26-17(23)14-8-13(21(24)25)5-6-15(14)19/h2-8,10H,9H2,1H3,(H,20,22)/t10-/m0/s1. The number of ether oxygens (including phenoxy) is 1. The van der Waals surface area contributed by atoms with E-state index in [-0.39, 0.29) is 22.3 Å². The monoisotopic (exact) mass is 396 g/mol. The van der Waals surface area contributed by atoms with Gasteiger partial charge in [0, 0.05) is 17.2 Å². The zero-order valence-corrected chi connectivity index (χ0v) is 15.1. The predicted octanol–water partition coefficient (Wildman–Crippen LogP) is 3.94. The van der Waals surface area contributed by atoms with Gasteiger partial charge in [-0.3, -0.25) is 14.9 Å². The molecule has 2 aromatic carbocycles. The van der Waals surface area contributed by atoms with Gasteiger partial charge < -0.3 is 10.1 Å². The average molecular weight is 397 g/mol. The van der Waals surface area contributed by atoms with Gasteiger partial charge in [0.15, 0.2) is 6.61 Å². The summed E-state index contributed by atoms with van der Waals surface area (Å²) < 4.78 is 4.88. The highest BCUT2D eigenvalue weighted by molar-refractivity contribution is 6.33. The van der Waals surface area contributed by atoms with Crippen molar-refractivity contribution in [1.82, 2.24) is 5.32 Å². The number of benzene rings is 2. The fourth-order valence-corrected chi connectivity index (χ4v) is 2.53. The van der Waals surface area contributed by atoms with Gasteiger partial charge in [0.05, 0.1) is 21.6 Å². The lowest BCUT2D eigenvalue weighted by molar-refractivity contribution is -0.384. The lowest BCUT2D eigenvalue weighted by Crippen LogP contribution is -2.31. The first-order chi connectivity index (χ1) is 12.3. The summed E-state index contributed by atoms with van der Waals surface area (Å²) >= 11 is 11.8. The Bertz CT molecular complexity index is 857. The Hall–Kier alpha value is -2.64. The molecule has 2 aromatic rings. The molecule has 0 bridgehead atoms. The van der Waals surface area contributed by atoms with E-state index < -0.39 is 23.4 Å². The Balaban J connectivity index is 1.96. The number of carbonyl (C=O) groups is 2. The Labute approximate surface area is 159 Å². The van der Waals surface area contributed by atoms with Gasteiger partial charge in [-0.05, 0) is 30.7 Å². The van der Waals surface area contributed by atoms with Crippen LogP contribution in [0.5, 0.6) is 0 Å². The summed E-state index contributed by atoms with van der Waals surface area (Å²) in [6, 6.07) is 10.0. The van der Waals surface area contributed by atoms with Crippen LogP contribution in [0.1, 0.15) is 28.9 Å². The molecule has 9 heteroatoms. The molecule has 0 saturated carbocycles. The number of nitrogens with zero attached hydrogens (tertiary/aromatic N) is 1. The number of carbonyl (C=O) groups excluding carboxylic acids is 2. The van der Waals surface area contributed by atoms with E-state index in [2.05, 4.69) is 5.32 Å². The summed E-state index contributed by atoms with van der Waals surface area (Å²) in [5.74, 6) is -1.46. The maximum absolute atomic E-state index is 12.0. The van der Waals surface area contributed by atoms with Crippen molar-refractivity contribution in [2.24, 2.45) is 0 Å². The molecule has 0 spiro atoms. The topological polar surface area (TPSA) is 98.5 Å². The number of non-ortho nitro benzene ring substituents is 1. The molecule has 0 radical (unpaired) electrons. The summed E-state index contributed by atoms with van der Waals surface area (Å²) in [7, 11) is 0. The summed E-state index contributed by atoms with van der Waals surface area (Å²) in [5, 5.41) is 14.0. The van der Waals surface area contributed by atoms with Crippen molar-refractivity contribution in [2.45, 2.75) is 13.0 Å². The second-order valence-electron chi connectivity index (χ2n) is 5.34. The number of halogens is 2. The highest BCUT2D eigenvalue weighted by Crippen LogP contribution is 2.23. The third kappa shape index (κ3) is 5.18. The average Bonchev–Trinajstić information content (AvgIpc) is 2.59. The summed E-state index contributed by atoms with van der Waals surface area (Å²) in [4.78, 5) is 34.1. The number of rotatable bonds is 6. The van der Waals surface area contributed by atoms with E-state index in [1.165, 1.54) is 12.1 Å². The Kier molecular flexibility index (Phi) is 6.54. The molecule has 0 aliphatic rings. The molecular formula is C17H14Cl2N2O5. The predicted molar refractivity (Wildman–Crippen MR) is 96.4 cm³/mol. The van der Waals surface area contributed by atoms with E-state index in [4.69, 9.17) is 27.9 Å². The van der Waals surface area contributed by atoms with Crippen LogP contribution in [-0.4, -0.2) is 23.4 Å². The molecule has 1 atom stereocenters. The van der Waals surface area contributed by atoms with Crippen LogP contribution in [0.4, 0.5) is 5.69 Å². The van der Waals surface area contributed by atoms with Crippen molar-refractivity contribution < 1.29 is 19.2 Å². The van der Waals surface area contributed by atoms with Gasteiger partial charge in [-0.15, -0.1) is 0 Å². The third-order valence-electron chi connectivity index (χ3n) is 3.44. The van der Waals surface area contributed by atoms with Crippen LogP contribution in [0, 0.1) is 10.1 Å². The molecule has 0 aromatic heterocycles. The highest BCUT2D eigenvalue weighted by Gasteiger charge is 2.18. The van der Waals surface area contributed by atoms with Crippen molar-refractivity contribution in [3.05, 3.63) is 73.8 Å². The smallest absolute Gasteiger partial charge is 0.340 e. The first-order valence-corrected chi connectivity index (χ1v) is 8.19. The lowest BCUT2D eigenvalue weighted by atomic mass is 10.1. The molecule has 0 heterocycles. The van der Waals surface area contributed by atoms with E-state index in [1.54, 1.807) is 31.2 Å².